The van der Waals surface area contributed by atoms with E-state index in [2.05, 4.69) is 36.3 Å². The maximum atomic E-state index is 12.1. The summed E-state index contributed by atoms with van der Waals surface area (Å²) >= 11 is 3.52. The molecule has 21 heavy (non-hydrogen) atoms. The van der Waals surface area contributed by atoms with Gasteiger partial charge in [-0.2, -0.15) is 5.10 Å². The first kappa shape index (κ1) is 14.3. The minimum atomic E-state index is -0.0260. The SMILES string of the molecule is CN(CC(=O)Nc1[nH]ncc1-c1ccccc1Br)C1CC1. The van der Waals surface area contributed by atoms with Crippen molar-refractivity contribution >= 4 is 27.7 Å². The van der Waals surface area contributed by atoms with Gasteiger partial charge in [-0.1, -0.05) is 34.1 Å². The van der Waals surface area contributed by atoms with E-state index < -0.39 is 0 Å². The number of hydrogen-bond acceptors (Lipinski definition) is 3. The molecule has 1 aliphatic carbocycles. The maximum absolute atomic E-state index is 12.1. The lowest BCUT2D eigenvalue weighted by atomic mass is 10.1. The number of amides is 1. The van der Waals surface area contributed by atoms with Gasteiger partial charge in [-0.15, -0.1) is 0 Å². The van der Waals surface area contributed by atoms with E-state index in [1.807, 2.05) is 31.3 Å². The third kappa shape index (κ3) is 3.33. The van der Waals surface area contributed by atoms with E-state index in [-0.39, 0.29) is 5.91 Å². The van der Waals surface area contributed by atoms with Crippen LogP contribution in [-0.2, 0) is 4.79 Å². The molecular formula is C15H17BrN4O. The van der Waals surface area contributed by atoms with Gasteiger partial charge in [0.15, 0.2) is 0 Å². The smallest absolute Gasteiger partial charge is 0.239 e. The summed E-state index contributed by atoms with van der Waals surface area (Å²) in [6.45, 7) is 0.402. The summed E-state index contributed by atoms with van der Waals surface area (Å²) in [4.78, 5) is 14.2. The monoisotopic (exact) mass is 348 g/mol. The fourth-order valence-corrected chi connectivity index (χ4v) is 2.81. The molecule has 1 heterocycles. The molecule has 1 aromatic carbocycles. The fraction of sp³-hybridized carbons (Fsp3) is 0.333. The van der Waals surface area contributed by atoms with Crippen molar-refractivity contribution in [2.75, 3.05) is 18.9 Å². The number of H-pyrrole nitrogens is 1. The summed E-state index contributed by atoms with van der Waals surface area (Å²) < 4.78 is 0.969. The van der Waals surface area contributed by atoms with Crippen LogP contribution in [0.4, 0.5) is 5.82 Å². The standard InChI is InChI=1S/C15H17BrN4O/c1-20(10-6-7-10)9-14(21)18-15-12(8-17-19-15)11-4-2-3-5-13(11)16/h2-5,8,10H,6-7,9H2,1H3,(H2,17,18,19,21). The molecule has 110 valence electrons. The normalized spacial score (nSPS) is 14.4. The van der Waals surface area contributed by atoms with Gasteiger partial charge in [0.1, 0.15) is 5.82 Å². The molecule has 3 rings (SSSR count). The van der Waals surface area contributed by atoms with Crippen LogP contribution < -0.4 is 5.32 Å². The Hall–Kier alpha value is -1.66. The fourth-order valence-electron chi connectivity index (χ4n) is 2.32. The van der Waals surface area contributed by atoms with Gasteiger partial charge in [0.25, 0.3) is 0 Å². The zero-order valence-electron chi connectivity index (χ0n) is 11.8. The third-order valence-corrected chi connectivity index (χ3v) is 4.32. The number of nitrogens with zero attached hydrogens (tertiary/aromatic N) is 2. The van der Waals surface area contributed by atoms with Crippen LogP contribution in [0.2, 0.25) is 0 Å². The summed E-state index contributed by atoms with van der Waals surface area (Å²) in [6.07, 6.45) is 4.10. The van der Waals surface area contributed by atoms with Crippen LogP contribution in [0, 0.1) is 0 Å². The van der Waals surface area contributed by atoms with Crippen LogP contribution in [-0.4, -0.2) is 40.6 Å². The molecule has 0 spiro atoms. The summed E-state index contributed by atoms with van der Waals surface area (Å²) in [5.74, 6) is 0.609. The minimum Gasteiger partial charge on any atom is -0.309 e. The van der Waals surface area contributed by atoms with E-state index in [9.17, 15) is 4.79 Å². The molecule has 0 saturated heterocycles. The first-order valence-corrected chi connectivity index (χ1v) is 7.73. The van der Waals surface area contributed by atoms with E-state index in [1.165, 1.54) is 12.8 Å². The van der Waals surface area contributed by atoms with Crippen molar-refractivity contribution in [1.29, 1.82) is 0 Å². The van der Waals surface area contributed by atoms with Crippen molar-refractivity contribution in [3.05, 3.63) is 34.9 Å². The first-order chi connectivity index (χ1) is 10.1. The van der Waals surface area contributed by atoms with E-state index >= 15 is 0 Å². The number of aromatic nitrogens is 2. The topological polar surface area (TPSA) is 61.0 Å². The molecule has 2 N–H and O–H groups in total. The lowest BCUT2D eigenvalue weighted by molar-refractivity contribution is -0.117. The maximum Gasteiger partial charge on any atom is 0.239 e. The minimum absolute atomic E-state index is 0.0260. The van der Waals surface area contributed by atoms with Gasteiger partial charge in [0, 0.05) is 21.6 Å². The van der Waals surface area contributed by atoms with E-state index in [1.54, 1.807) is 6.20 Å². The summed E-state index contributed by atoms with van der Waals surface area (Å²) in [7, 11) is 1.99. The van der Waals surface area contributed by atoms with Gasteiger partial charge in [-0.3, -0.25) is 14.8 Å². The highest BCUT2D eigenvalue weighted by atomic mass is 79.9. The molecule has 0 aliphatic heterocycles. The zero-order valence-corrected chi connectivity index (χ0v) is 13.4. The molecule has 1 amide bonds. The molecule has 0 atom stereocenters. The van der Waals surface area contributed by atoms with Crippen LogP contribution in [0.25, 0.3) is 11.1 Å². The number of benzene rings is 1. The van der Waals surface area contributed by atoms with E-state index in [0.29, 0.717) is 18.4 Å². The highest BCUT2D eigenvalue weighted by molar-refractivity contribution is 9.10. The number of carbonyl (C=O) groups is 1. The second kappa shape index (κ2) is 5.99. The Morgan fingerprint density at radius 3 is 2.90 bits per heavy atom. The first-order valence-electron chi connectivity index (χ1n) is 6.93. The molecule has 1 fully saturated rings. The Morgan fingerprint density at radius 1 is 1.43 bits per heavy atom. The molecule has 1 saturated carbocycles. The van der Waals surface area contributed by atoms with Gasteiger partial charge in [-0.25, -0.2) is 0 Å². The van der Waals surface area contributed by atoms with Crippen LogP contribution in [0.3, 0.4) is 0 Å². The van der Waals surface area contributed by atoms with Crippen LogP contribution >= 0.6 is 15.9 Å². The predicted octanol–water partition coefficient (Wildman–Crippen LogP) is 2.87. The molecule has 1 aliphatic rings. The van der Waals surface area contributed by atoms with Crippen molar-refractivity contribution in [3.63, 3.8) is 0 Å². The Morgan fingerprint density at radius 2 is 2.19 bits per heavy atom. The lowest BCUT2D eigenvalue weighted by Gasteiger charge is -2.15. The van der Waals surface area contributed by atoms with Gasteiger partial charge in [-0.05, 0) is 26.0 Å². The number of aromatic amines is 1. The largest absolute Gasteiger partial charge is 0.309 e. The molecule has 0 radical (unpaired) electrons. The number of nitrogens with one attached hydrogen (secondary N) is 2. The Kier molecular flexibility index (Phi) is 4.07. The number of rotatable bonds is 5. The van der Waals surface area contributed by atoms with Crippen molar-refractivity contribution in [3.8, 4) is 11.1 Å². The second-order valence-corrected chi connectivity index (χ2v) is 6.19. The third-order valence-electron chi connectivity index (χ3n) is 3.63. The molecular weight excluding hydrogens is 332 g/mol. The Labute approximate surface area is 131 Å². The van der Waals surface area contributed by atoms with Crippen molar-refractivity contribution in [1.82, 2.24) is 15.1 Å². The molecule has 6 heteroatoms. The molecule has 1 aromatic heterocycles. The van der Waals surface area contributed by atoms with Crippen molar-refractivity contribution in [2.45, 2.75) is 18.9 Å². The molecule has 2 aromatic rings. The van der Waals surface area contributed by atoms with Crippen molar-refractivity contribution < 1.29 is 4.79 Å². The second-order valence-electron chi connectivity index (χ2n) is 5.33. The van der Waals surface area contributed by atoms with Gasteiger partial charge in [0.05, 0.1) is 12.7 Å². The number of carbonyl (C=O) groups excluding carboxylic acids is 1. The van der Waals surface area contributed by atoms with Crippen LogP contribution in [0.15, 0.2) is 34.9 Å². The predicted molar refractivity (Wildman–Crippen MR) is 86.0 cm³/mol. The zero-order chi connectivity index (χ0) is 14.8. The molecule has 0 unspecified atom stereocenters. The van der Waals surface area contributed by atoms with E-state index in [4.69, 9.17) is 0 Å². The highest BCUT2D eigenvalue weighted by Gasteiger charge is 2.27. The number of likely N-dealkylation sites (N-methyl/N-ethyl adjacent to an activating group) is 1. The number of halogens is 1. The number of hydrogen-bond donors (Lipinski definition) is 2. The Bertz CT molecular complexity index is 651. The summed E-state index contributed by atoms with van der Waals surface area (Å²) in [5.41, 5.74) is 1.88. The van der Waals surface area contributed by atoms with Crippen molar-refractivity contribution in [2.24, 2.45) is 0 Å². The molecule has 5 nitrogen and oxygen atoms in total. The quantitative estimate of drug-likeness (QED) is 0.873. The van der Waals surface area contributed by atoms with Gasteiger partial charge < -0.3 is 5.32 Å². The van der Waals surface area contributed by atoms with Crippen LogP contribution in [0.1, 0.15) is 12.8 Å². The average Bonchev–Trinajstić information content (AvgIpc) is 3.21. The highest BCUT2D eigenvalue weighted by Crippen LogP contribution is 2.32. The molecule has 0 bridgehead atoms. The van der Waals surface area contributed by atoms with Crippen LogP contribution in [0.5, 0.6) is 0 Å². The lowest BCUT2D eigenvalue weighted by Crippen LogP contribution is -2.31. The summed E-state index contributed by atoms with van der Waals surface area (Å²) in [6, 6.07) is 8.44. The Balaban J connectivity index is 1.73. The average molecular weight is 349 g/mol. The van der Waals surface area contributed by atoms with Gasteiger partial charge in [0.2, 0.25) is 5.91 Å². The number of anilines is 1. The van der Waals surface area contributed by atoms with E-state index in [0.717, 1.165) is 15.6 Å². The summed E-state index contributed by atoms with van der Waals surface area (Å²) in [5, 5.41) is 9.81. The van der Waals surface area contributed by atoms with Gasteiger partial charge >= 0.3 is 0 Å².